The Labute approximate surface area is 131 Å². The van der Waals surface area contributed by atoms with Crippen molar-refractivity contribution >= 4 is 11.6 Å². The SMILES string of the molecule is CCCOc1cccc(NC(=O)C(N)c2ccc(C)cc2)c1. The highest BCUT2D eigenvalue weighted by molar-refractivity contribution is 5.95. The number of amides is 1. The summed E-state index contributed by atoms with van der Waals surface area (Å²) in [6, 6.07) is 14.3. The third-order valence-electron chi connectivity index (χ3n) is 3.29. The topological polar surface area (TPSA) is 64.3 Å². The molecule has 116 valence electrons. The van der Waals surface area contributed by atoms with Crippen LogP contribution in [0, 0.1) is 6.92 Å². The standard InChI is InChI=1S/C18H22N2O2/c1-3-11-22-16-6-4-5-15(12-16)20-18(21)17(19)14-9-7-13(2)8-10-14/h4-10,12,17H,3,11,19H2,1-2H3,(H,20,21). The van der Waals surface area contributed by atoms with Gasteiger partial charge in [-0.25, -0.2) is 0 Å². The van der Waals surface area contributed by atoms with Gasteiger partial charge < -0.3 is 15.8 Å². The van der Waals surface area contributed by atoms with Crippen molar-refractivity contribution in [1.29, 1.82) is 0 Å². The summed E-state index contributed by atoms with van der Waals surface area (Å²) in [5, 5.41) is 2.83. The van der Waals surface area contributed by atoms with Crippen LogP contribution in [0.25, 0.3) is 0 Å². The molecule has 2 rings (SSSR count). The number of rotatable bonds is 6. The van der Waals surface area contributed by atoms with Crippen molar-refractivity contribution < 1.29 is 9.53 Å². The number of ether oxygens (including phenoxy) is 1. The van der Waals surface area contributed by atoms with Gasteiger partial charge in [-0.1, -0.05) is 42.8 Å². The molecule has 1 amide bonds. The zero-order valence-corrected chi connectivity index (χ0v) is 13.0. The van der Waals surface area contributed by atoms with E-state index in [0.717, 1.165) is 23.3 Å². The molecule has 0 aliphatic rings. The van der Waals surface area contributed by atoms with Gasteiger partial charge in [-0.15, -0.1) is 0 Å². The van der Waals surface area contributed by atoms with Gasteiger partial charge in [-0.2, -0.15) is 0 Å². The summed E-state index contributed by atoms with van der Waals surface area (Å²) < 4.78 is 5.55. The third-order valence-corrected chi connectivity index (χ3v) is 3.29. The summed E-state index contributed by atoms with van der Waals surface area (Å²) in [5.74, 6) is 0.500. The van der Waals surface area contributed by atoms with Crippen LogP contribution in [-0.4, -0.2) is 12.5 Å². The van der Waals surface area contributed by atoms with E-state index < -0.39 is 6.04 Å². The van der Waals surface area contributed by atoms with Crippen LogP contribution in [0.15, 0.2) is 48.5 Å². The number of carbonyl (C=O) groups is 1. The molecule has 0 spiro atoms. The van der Waals surface area contributed by atoms with E-state index in [-0.39, 0.29) is 5.91 Å². The Hall–Kier alpha value is -2.33. The number of benzene rings is 2. The lowest BCUT2D eigenvalue weighted by Gasteiger charge is -2.13. The van der Waals surface area contributed by atoms with E-state index in [9.17, 15) is 4.79 Å². The van der Waals surface area contributed by atoms with Crippen molar-refractivity contribution in [3.05, 3.63) is 59.7 Å². The van der Waals surface area contributed by atoms with E-state index in [1.165, 1.54) is 0 Å². The smallest absolute Gasteiger partial charge is 0.245 e. The molecule has 0 aromatic heterocycles. The fraction of sp³-hybridized carbons (Fsp3) is 0.278. The highest BCUT2D eigenvalue weighted by atomic mass is 16.5. The van der Waals surface area contributed by atoms with Crippen LogP contribution in [0.4, 0.5) is 5.69 Å². The molecule has 2 aromatic carbocycles. The normalized spacial score (nSPS) is 11.8. The van der Waals surface area contributed by atoms with Gasteiger partial charge in [-0.05, 0) is 31.0 Å². The highest BCUT2D eigenvalue weighted by Crippen LogP contribution is 2.19. The van der Waals surface area contributed by atoms with E-state index in [1.54, 1.807) is 6.07 Å². The molecule has 0 saturated carbocycles. The maximum absolute atomic E-state index is 12.2. The van der Waals surface area contributed by atoms with Crippen LogP contribution in [0.2, 0.25) is 0 Å². The van der Waals surface area contributed by atoms with Crippen LogP contribution in [0.1, 0.15) is 30.5 Å². The summed E-state index contributed by atoms with van der Waals surface area (Å²) in [6.45, 7) is 4.70. The van der Waals surface area contributed by atoms with Gasteiger partial charge in [0.05, 0.1) is 6.61 Å². The van der Waals surface area contributed by atoms with Crippen molar-refractivity contribution in [3.63, 3.8) is 0 Å². The minimum absolute atomic E-state index is 0.239. The summed E-state index contributed by atoms with van der Waals surface area (Å²) >= 11 is 0. The predicted octanol–water partition coefficient (Wildman–Crippen LogP) is 3.42. The number of hydrogen-bond donors (Lipinski definition) is 2. The fourth-order valence-corrected chi connectivity index (χ4v) is 2.03. The van der Waals surface area contributed by atoms with E-state index >= 15 is 0 Å². The van der Waals surface area contributed by atoms with Crippen LogP contribution >= 0.6 is 0 Å². The van der Waals surface area contributed by atoms with Crippen LogP contribution < -0.4 is 15.8 Å². The lowest BCUT2D eigenvalue weighted by molar-refractivity contribution is -0.117. The molecule has 0 fully saturated rings. The second kappa shape index (κ2) is 7.61. The molecule has 1 atom stereocenters. The molecule has 0 aliphatic heterocycles. The maximum Gasteiger partial charge on any atom is 0.245 e. The number of hydrogen-bond acceptors (Lipinski definition) is 3. The fourth-order valence-electron chi connectivity index (χ4n) is 2.03. The summed E-state index contributed by atoms with van der Waals surface area (Å²) in [7, 11) is 0. The number of nitrogens with two attached hydrogens (primary N) is 1. The highest BCUT2D eigenvalue weighted by Gasteiger charge is 2.15. The average molecular weight is 298 g/mol. The first-order chi connectivity index (χ1) is 10.6. The molecule has 3 N–H and O–H groups in total. The molecule has 22 heavy (non-hydrogen) atoms. The predicted molar refractivity (Wildman–Crippen MR) is 89.0 cm³/mol. The lowest BCUT2D eigenvalue weighted by Crippen LogP contribution is -2.27. The Morgan fingerprint density at radius 1 is 1.23 bits per heavy atom. The van der Waals surface area contributed by atoms with Gasteiger partial charge in [0, 0.05) is 11.8 Å². The maximum atomic E-state index is 12.2. The first kappa shape index (κ1) is 16.0. The number of carbonyl (C=O) groups excluding carboxylic acids is 1. The Bertz CT molecular complexity index is 623. The van der Waals surface area contributed by atoms with Gasteiger partial charge in [-0.3, -0.25) is 4.79 Å². The molecule has 4 heteroatoms. The molecule has 0 aliphatic carbocycles. The van der Waals surface area contributed by atoms with Gasteiger partial charge in [0.2, 0.25) is 5.91 Å². The summed E-state index contributed by atoms with van der Waals surface area (Å²) in [4.78, 5) is 12.2. The van der Waals surface area contributed by atoms with Crippen molar-refractivity contribution in [2.45, 2.75) is 26.3 Å². The Morgan fingerprint density at radius 3 is 2.64 bits per heavy atom. The number of nitrogens with one attached hydrogen (secondary N) is 1. The monoisotopic (exact) mass is 298 g/mol. The minimum Gasteiger partial charge on any atom is -0.494 e. The van der Waals surface area contributed by atoms with E-state index in [2.05, 4.69) is 5.32 Å². The van der Waals surface area contributed by atoms with Gasteiger partial charge in [0.25, 0.3) is 0 Å². The molecule has 0 bridgehead atoms. The average Bonchev–Trinajstić information content (AvgIpc) is 2.53. The second-order valence-corrected chi connectivity index (χ2v) is 5.25. The molecule has 2 aromatic rings. The largest absolute Gasteiger partial charge is 0.494 e. The van der Waals surface area contributed by atoms with Gasteiger partial charge in [0.1, 0.15) is 11.8 Å². The first-order valence-electron chi connectivity index (χ1n) is 7.46. The summed E-state index contributed by atoms with van der Waals surface area (Å²) in [5.41, 5.74) is 8.62. The quantitative estimate of drug-likeness (QED) is 0.859. The van der Waals surface area contributed by atoms with Crippen molar-refractivity contribution in [2.24, 2.45) is 5.73 Å². The van der Waals surface area contributed by atoms with E-state index in [1.807, 2.05) is 56.3 Å². The van der Waals surface area contributed by atoms with Crippen LogP contribution in [0.5, 0.6) is 5.75 Å². The van der Waals surface area contributed by atoms with Gasteiger partial charge >= 0.3 is 0 Å². The van der Waals surface area contributed by atoms with Crippen LogP contribution in [-0.2, 0) is 4.79 Å². The Balaban J connectivity index is 2.03. The number of anilines is 1. The Morgan fingerprint density at radius 2 is 1.95 bits per heavy atom. The van der Waals surface area contributed by atoms with Crippen molar-refractivity contribution in [1.82, 2.24) is 0 Å². The molecular formula is C18H22N2O2. The molecule has 1 unspecified atom stereocenters. The third kappa shape index (κ3) is 4.33. The summed E-state index contributed by atoms with van der Waals surface area (Å²) in [6.07, 6.45) is 0.939. The first-order valence-corrected chi connectivity index (χ1v) is 7.46. The van der Waals surface area contributed by atoms with Crippen molar-refractivity contribution in [2.75, 3.05) is 11.9 Å². The van der Waals surface area contributed by atoms with Crippen molar-refractivity contribution in [3.8, 4) is 5.75 Å². The van der Waals surface area contributed by atoms with Crippen LogP contribution in [0.3, 0.4) is 0 Å². The Kier molecular flexibility index (Phi) is 5.55. The molecule has 0 saturated heterocycles. The minimum atomic E-state index is -0.694. The second-order valence-electron chi connectivity index (χ2n) is 5.25. The molecule has 0 radical (unpaired) electrons. The van der Waals surface area contributed by atoms with E-state index in [4.69, 9.17) is 10.5 Å². The number of aryl methyl sites for hydroxylation is 1. The molecule has 0 heterocycles. The molecular weight excluding hydrogens is 276 g/mol. The zero-order valence-electron chi connectivity index (χ0n) is 13.0. The van der Waals surface area contributed by atoms with Gasteiger partial charge in [0.15, 0.2) is 0 Å². The zero-order chi connectivity index (χ0) is 15.9. The van der Waals surface area contributed by atoms with E-state index in [0.29, 0.717) is 12.3 Å². The lowest BCUT2D eigenvalue weighted by atomic mass is 10.1. The molecule has 4 nitrogen and oxygen atoms in total.